The number of aliphatic hydroxyl groups is 1. The number of H-pyrrole nitrogens is 1. The second-order valence-electron chi connectivity index (χ2n) is 6.11. The van der Waals surface area contributed by atoms with Crippen LogP contribution in [0.2, 0.25) is 0 Å². The Hall–Kier alpha value is -2.91. The van der Waals surface area contributed by atoms with Gasteiger partial charge >= 0.3 is 11.7 Å². The van der Waals surface area contributed by atoms with Crippen molar-refractivity contribution in [2.75, 3.05) is 11.9 Å². The fourth-order valence-corrected chi connectivity index (χ4v) is 2.76. The van der Waals surface area contributed by atoms with Gasteiger partial charge < -0.3 is 20.5 Å². The first kappa shape index (κ1) is 17.9. The molecule has 2 aromatic rings. The molecule has 1 aromatic carbocycles. The summed E-state index contributed by atoms with van der Waals surface area (Å²) in [5, 5.41) is 15.4. The first-order valence-electron chi connectivity index (χ1n) is 8.19. The minimum Gasteiger partial charge on any atom is -0.390 e. The predicted octanol–water partition coefficient (Wildman–Crippen LogP) is 0.315. The molecule has 1 fully saturated rings. The number of benzene rings is 1. The molecule has 3 rings (SSSR count). The second kappa shape index (κ2) is 7.54. The number of aryl methyl sites for hydroxylation is 1. The van der Waals surface area contributed by atoms with E-state index >= 15 is 0 Å². The fraction of sp³-hybridized carbons (Fsp3) is 0.353. The van der Waals surface area contributed by atoms with Crippen molar-refractivity contribution < 1.29 is 14.6 Å². The number of ether oxygens (including phenoxy) is 1. The number of hydrogen-bond acceptors (Lipinski definition) is 5. The lowest BCUT2D eigenvalue weighted by Gasteiger charge is -2.17. The van der Waals surface area contributed by atoms with Gasteiger partial charge in [-0.25, -0.2) is 9.59 Å². The predicted molar refractivity (Wildman–Crippen MR) is 94.1 cm³/mol. The van der Waals surface area contributed by atoms with E-state index in [4.69, 9.17) is 4.74 Å². The molecule has 138 valence electrons. The smallest absolute Gasteiger partial charge is 0.330 e. The number of aromatic nitrogens is 2. The van der Waals surface area contributed by atoms with Gasteiger partial charge in [-0.05, 0) is 19.1 Å². The zero-order valence-electron chi connectivity index (χ0n) is 14.1. The number of para-hydroxylation sites is 1. The first-order chi connectivity index (χ1) is 12.4. The molecule has 0 saturated carbocycles. The Labute approximate surface area is 148 Å². The summed E-state index contributed by atoms with van der Waals surface area (Å²) in [6, 6.07) is 8.52. The molecule has 0 radical (unpaired) electrons. The molecule has 2 amide bonds. The van der Waals surface area contributed by atoms with E-state index in [9.17, 15) is 19.5 Å². The lowest BCUT2D eigenvalue weighted by Crippen LogP contribution is -2.39. The monoisotopic (exact) mass is 360 g/mol. The summed E-state index contributed by atoms with van der Waals surface area (Å²) in [5.74, 6) is 0. The van der Waals surface area contributed by atoms with Crippen LogP contribution in [0.4, 0.5) is 10.5 Å². The minimum absolute atomic E-state index is 0.0768. The molecule has 1 aliphatic heterocycles. The van der Waals surface area contributed by atoms with Gasteiger partial charge in [-0.2, -0.15) is 0 Å². The van der Waals surface area contributed by atoms with Crippen LogP contribution in [-0.4, -0.2) is 39.4 Å². The number of urea groups is 1. The van der Waals surface area contributed by atoms with Crippen molar-refractivity contribution in [3.8, 4) is 0 Å². The number of anilines is 1. The summed E-state index contributed by atoms with van der Waals surface area (Å²) < 4.78 is 6.92. The van der Waals surface area contributed by atoms with Gasteiger partial charge in [0.1, 0.15) is 12.3 Å². The molecule has 3 atom stereocenters. The third kappa shape index (κ3) is 4.01. The van der Waals surface area contributed by atoms with E-state index in [1.165, 1.54) is 10.8 Å². The lowest BCUT2D eigenvalue weighted by molar-refractivity contribution is -0.0178. The molecule has 1 aromatic heterocycles. The van der Waals surface area contributed by atoms with Gasteiger partial charge in [-0.3, -0.25) is 14.3 Å². The van der Waals surface area contributed by atoms with Crippen LogP contribution in [0.25, 0.3) is 0 Å². The number of nitrogens with zero attached hydrogens (tertiary/aromatic N) is 1. The lowest BCUT2D eigenvalue weighted by atomic mass is 10.2. The molecule has 26 heavy (non-hydrogen) atoms. The summed E-state index contributed by atoms with van der Waals surface area (Å²) in [4.78, 5) is 37.5. The van der Waals surface area contributed by atoms with Gasteiger partial charge in [0.2, 0.25) is 0 Å². The summed E-state index contributed by atoms with van der Waals surface area (Å²) in [7, 11) is 0. The number of carbonyl (C=O) groups is 1. The van der Waals surface area contributed by atoms with Gasteiger partial charge in [0.15, 0.2) is 0 Å². The minimum atomic E-state index is -0.851. The normalized spacial score (nSPS) is 22.2. The molecule has 4 N–H and O–H groups in total. The van der Waals surface area contributed by atoms with Crippen LogP contribution >= 0.6 is 0 Å². The Morgan fingerprint density at radius 1 is 1.35 bits per heavy atom. The van der Waals surface area contributed by atoms with Crippen molar-refractivity contribution in [1.82, 2.24) is 14.9 Å². The van der Waals surface area contributed by atoms with E-state index < -0.39 is 35.7 Å². The highest BCUT2D eigenvalue weighted by atomic mass is 16.5. The molecule has 1 saturated heterocycles. The Morgan fingerprint density at radius 3 is 2.81 bits per heavy atom. The van der Waals surface area contributed by atoms with Gasteiger partial charge in [0.05, 0.1) is 6.10 Å². The average Bonchev–Trinajstić information content (AvgIpc) is 2.98. The Morgan fingerprint density at radius 2 is 2.08 bits per heavy atom. The highest BCUT2D eigenvalue weighted by Gasteiger charge is 2.35. The zero-order chi connectivity index (χ0) is 18.7. The highest BCUT2D eigenvalue weighted by molar-refractivity contribution is 5.89. The number of amides is 2. The molecule has 2 heterocycles. The third-order valence-corrected chi connectivity index (χ3v) is 4.16. The van der Waals surface area contributed by atoms with Gasteiger partial charge in [0, 0.05) is 30.4 Å². The number of hydrogen-bond donors (Lipinski definition) is 4. The van der Waals surface area contributed by atoms with Crippen molar-refractivity contribution in [2.45, 2.75) is 31.8 Å². The maximum Gasteiger partial charge on any atom is 0.330 e. The van der Waals surface area contributed by atoms with E-state index in [1.807, 2.05) is 6.07 Å². The summed E-state index contributed by atoms with van der Waals surface area (Å²) >= 11 is 0. The van der Waals surface area contributed by atoms with Crippen molar-refractivity contribution in [2.24, 2.45) is 0 Å². The fourth-order valence-electron chi connectivity index (χ4n) is 2.76. The van der Waals surface area contributed by atoms with Crippen LogP contribution in [0.3, 0.4) is 0 Å². The van der Waals surface area contributed by atoms with Crippen LogP contribution in [-0.2, 0) is 4.74 Å². The third-order valence-electron chi connectivity index (χ3n) is 4.16. The summed E-state index contributed by atoms with van der Waals surface area (Å²) in [6.07, 6.45) is -0.650. The van der Waals surface area contributed by atoms with Crippen LogP contribution in [0, 0.1) is 6.92 Å². The molecule has 1 aliphatic rings. The van der Waals surface area contributed by atoms with E-state index in [2.05, 4.69) is 15.6 Å². The first-order valence-corrected chi connectivity index (χ1v) is 8.19. The van der Waals surface area contributed by atoms with E-state index in [0.29, 0.717) is 11.3 Å². The number of carbonyl (C=O) groups excluding carboxylic acids is 1. The topological polar surface area (TPSA) is 125 Å². The van der Waals surface area contributed by atoms with E-state index in [0.717, 1.165) is 0 Å². The Balaban J connectivity index is 1.59. The largest absolute Gasteiger partial charge is 0.390 e. The molecule has 0 unspecified atom stereocenters. The Bertz CT molecular complexity index is 892. The van der Waals surface area contributed by atoms with Crippen molar-refractivity contribution in [3.63, 3.8) is 0 Å². The standard InChI is InChI=1S/C17H20N4O5/c1-10-9-21(17(25)20-15(10)23)14-7-12(22)13(26-14)8-18-16(24)19-11-5-3-2-4-6-11/h2-6,9,12-14,22H,7-8H2,1H3,(H2,18,19,24)(H,20,23,25)/t12-,13+,14-/m0/s1. The molecule has 0 aliphatic carbocycles. The Kier molecular flexibility index (Phi) is 5.19. The van der Waals surface area contributed by atoms with Crippen LogP contribution in [0.5, 0.6) is 0 Å². The molecule has 0 spiro atoms. The number of aliphatic hydroxyl groups excluding tert-OH is 1. The van der Waals surface area contributed by atoms with Gasteiger partial charge in [0.25, 0.3) is 5.56 Å². The molecule has 0 bridgehead atoms. The van der Waals surface area contributed by atoms with Crippen molar-refractivity contribution in [1.29, 1.82) is 0 Å². The van der Waals surface area contributed by atoms with Gasteiger partial charge in [-0.1, -0.05) is 18.2 Å². The summed E-state index contributed by atoms with van der Waals surface area (Å²) in [5.41, 5.74) is -0.0497. The summed E-state index contributed by atoms with van der Waals surface area (Å²) in [6.45, 7) is 1.65. The SMILES string of the molecule is Cc1cn([C@@H]2C[C@H](O)[C@@H](CNC(=O)Nc3ccccc3)O2)c(=O)[nH]c1=O. The number of nitrogens with one attached hydrogen (secondary N) is 3. The van der Waals surface area contributed by atoms with Gasteiger partial charge in [-0.15, -0.1) is 0 Å². The zero-order valence-corrected chi connectivity index (χ0v) is 14.1. The van der Waals surface area contributed by atoms with E-state index in [-0.39, 0.29) is 13.0 Å². The molecule has 9 heteroatoms. The highest BCUT2D eigenvalue weighted by Crippen LogP contribution is 2.27. The van der Waals surface area contributed by atoms with Crippen LogP contribution in [0.15, 0.2) is 46.1 Å². The molecule has 9 nitrogen and oxygen atoms in total. The maximum atomic E-state index is 11.9. The van der Waals surface area contributed by atoms with Crippen LogP contribution in [0.1, 0.15) is 18.2 Å². The van der Waals surface area contributed by atoms with E-state index in [1.54, 1.807) is 31.2 Å². The maximum absolute atomic E-state index is 11.9. The number of rotatable bonds is 4. The van der Waals surface area contributed by atoms with Crippen molar-refractivity contribution in [3.05, 3.63) is 62.9 Å². The average molecular weight is 360 g/mol. The quantitative estimate of drug-likeness (QED) is 0.625. The molecular weight excluding hydrogens is 340 g/mol. The van der Waals surface area contributed by atoms with Crippen LogP contribution < -0.4 is 21.9 Å². The second-order valence-corrected chi connectivity index (χ2v) is 6.11. The number of aromatic amines is 1. The van der Waals surface area contributed by atoms with Crippen molar-refractivity contribution >= 4 is 11.7 Å². The molecular formula is C17H20N4O5.